The Morgan fingerprint density at radius 2 is 1.92 bits per heavy atom. The summed E-state index contributed by atoms with van der Waals surface area (Å²) in [4.78, 5) is 11.9. The van der Waals surface area contributed by atoms with Gasteiger partial charge in [-0.05, 0) is 74.2 Å². The average Bonchev–Trinajstić information content (AvgIpc) is 2.80. The van der Waals surface area contributed by atoms with Crippen molar-refractivity contribution in [1.82, 2.24) is 0 Å². The Labute approximate surface area is 145 Å². The molecule has 3 heteroatoms. The van der Waals surface area contributed by atoms with Crippen molar-refractivity contribution < 1.29 is 9.90 Å². The van der Waals surface area contributed by atoms with Gasteiger partial charge in [-0.1, -0.05) is 19.4 Å². The molecule has 0 saturated heterocycles. The van der Waals surface area contributed by atoms with E-state index < -0.39 is 5.60 Å². The lowest BCUT2D eigenvalue weighted by molar-refractivity contribution is -0.128. The average molecular weight is 327 g/mol. The molecule has 3 saturated carbocycles. The van der Waals surface area contributed by atoms with Gasteiger partial charge in [-0.3, -0.25) is 4.79 Å². The fourth-order valence-electron chi connectivity index (χ4n) is 7.09. The number of nitriles is 1. The largest absolute Gasteiger partial charge is 0.388 e. The lowest BCUT2D eigenvalue weighted by Gasteiger charge is -2.59. The first-order chi connectivity index (χ1) is 11.3. The fourth-order valence-corrected chi connectivity index (χ4v) is 7.09. The van der Waals surface area contributed by atoms with Crippen LogP contribution < -0.4 is 0 Å². The molecule has 3 fully saturated rings. The summed E-state index contributed by atoms with van der Waals surface area (Å²) < 4.78 is 0. The molecule has 0 bridgehead atoms. The van der Waals surface area contributed by atoms with Gasteiger partial charge in [0.2, 0.25) is 0 Å². The molecule has 0 aromatic rings. The van der Waals surface area contributed by atoms with Crippen molar-refractivity contribution in [3.8, 4) is 6.07 Å². The first-order valence-corrected chi connectivity index (χ1v) is 9.67. The van der Waals surface area contributed by atoms with Crippen LogP contribution in [0.15, 0.2) is 11.6 Å². The molecule has 0 amide bonds. The monoisotopic (exact) mass is 327 g/mol. The molecule has 0 aromatic heterocycles. The molecule has 0 spiro atoms. The molecule has 0 radical (unpaired) electrons. The van der Waals surface area contributed by atoms with E-state index in [4.69, 9.17) is 0 Å². The number of carbonyl (C=O) groups is 1. The Morgan fingerprint density at radius 3 is 2.67 bits per heavy atom. The van der Waals surface area contributed by atoms with Crippen molar-refractivity contribution in [1.29, 1.82) is 5.26 Å². The normalized spacial score (nSPS) is 50.3. The lowest BCUT2D eigenvalue weighted by Crippen LogP contribution is -2.54. The molecule has 4 rings (SSSR count). The summed E-state index contributed by atoms with van der Waals surface area (Å²) in [6, 6.07) is 2.24. The molecule has 0 aromatic carbocycles. The molecular formula is C21H29NO2. The minimum absolute atomic E-state index is 0.105. The van der Waals surface area contributed by atoms with Crippen molar-refractivity contribution in [3.63, 3.8) is 0 Å². The van der Waals surface area contributed by atoms with Crippen LogP contribution in [0.5, 0.6) is 0 Å². The number of rotatable bonds is 1. The molecule has 3 unspecified atom stereocenters. The summed E-state index contributed by atoms with van der Waals surface area (Å²) in [6.07, 6.45) is 10.1. The lowest BCUT2D eigenvalue weighted by atomic mass is 9.46. The summed E-state index contributed by atoms with van der Waals surface area (Å²) in [5, 5.41) is 20.4. The van der Waals surface area contributed by atoms with Crippen LogP contribution in [-0.4, -0.2) is 16.5 Å². The molecule has 24 heavy (non-hydrogen) atoms. The molecule has 130 valence electrons. The van der Waals surface area contributed by atoms with E-state index >= 15 is 0 Å². The van der Waals surface area contributed by atoms with Crippen LogP contribution in [0.3, 0.4) is 0 Å². The zero-order chi connectivity index (χ0) is 17.2. The number of ketones is 1. The van der Waals surface area contributed by atoms with Gasteiger partial charge in [0.05, 0.1) is 18.1 Å². The number of hydrogen-bond donors (Lipinski definition) is 1. The number of hydrogen-bond acceptors (Lipinski definition) is 3. The molecule has 4 aliphatic carbocycles. The molecule has 4 aliphatic rings. The van der Waals surface area contributed by atoms with Crippen LogP contribution in [-0.2, 0) is 4.79 Å². The van der Waals surface area contributed by atoms with Crippen molar-refractivity contribution in [2.24, 2.45) is 28.6 Å². The third-order valence-electron chi connectivity index (χ3n) is 8.66. The third kappa shape index (κ3) is 1.96. The topological polar surface area (TPSA) is 61.1 Å². The predicted octanol–water partition coefficient (Wildman–Crippen LogP) is 4.16. The Balaban J connectivity index is 1.67. The Bertz CT molecular complexity index is 647. The molecular weight excluding hydrogens is 298 g/mol. The highest BCUT2D eigenvalue weighted by Gasteiger charge is 2.63. The second-order valence-electron chi connectivity index (χ2n) is 9.33. The van der Waals surface area contributed by atoms with Gasteiger partial charge in [-0.15, -0.1) is 0 Å². The summed E-state index contributed by atoms with van der Waals surface area (Å²) in [6.45, 7) is 4.64. The first kappa shape index (κ1) is 16.3. The number of nitrogens with zero attached hydrogens (tertiary/aromatic N) is 1. The van der Waals surface area contributed by atoms with Gasteiger partial charge in [0, 0.05) is 11.8 Å². The fraction of sp³-hybridized carbons (Fsp3) is 0.810. The van der Waals surface area contributed by atoms with Gasteiger partial charge in [0.1, 0.15) is 0 Å². The van der Waals surface area contributed by atoms with E-state index in [1.807, 2.05) is 6.08 Å². The minimum atomic E-state index is -0.795. The van der Waals surface area contributed by atoms with Crippen molar-refractivity contribution in [2.75, 3.05) is 0 Å². The molecule has 6 atom stereocenters. The molecule has 1 N–H and O–H groups in total. The quantitative estimate of drug-likeness (QED) is 0.786. The SMILES string of the molecule is C[C@@]12CCC(=O)C=C1CCC1C2CC[C@]2(C)C1CC[C@]2(O)CC#N. The highest BCUT2D eigenvalue weighted by atomic mass is 16.3. The van der Waals surface area contributed by atoms with E-state index in [2.05, 4.69) is 19.9 Å². The maximum Gasteiger partial charge on any atom is 0.155 e. The van der Waals surface area contributed by atoms with Crippen molar-refractivity contribution in [2.45, 2.75) is 77.2 Å². The Kier molecular flexibility index (Phi) is 3.52. The second-order valence-corrected chi connectivity index (χ2v) is 9.33. The maximum atomic E-state index is 11.9. The zero-order valence-corrected chi connectivity index (χ0v) is 15.0. The number of allylic oxidation sites excluding steroid dienone is 1. The van der Waals surface area contributed by atoms with E-state index in [1.165, 1.54) is 5.57 Å². The van der Waals surface area contributed by atoms with Gasteiger partial charge < -0.3 is 5.11 Å². The number of aliphatic hydroxyl groups is 1. The van der Waals surface area contributed by atoms with Gasteiger partial charge in [0.25, 0.3) is 0 Å². The highest BCUT2D eigenvalue weighted by molar-refractivity contribution is 5.91. The van der Waals surface area contributed by atoms with Crippen LogP contribution in [0.4, 0.5) is 0 Å². The summed E-state index contributed by atoms with van der Waals surface area (Å²) in [5.74, 6) is 2.14. The Morgan fingerprint density at radius 1 is 1.17 bits per heavy atom. The van der Waals surface area contributed by atoms with E-state index in [-0.39, 0.29) is 17.3 Å². The third-order valence-corrected chi connectivity index (χ3v) is 8.66. The summed E-state index contributed by atoms with van der Waals surface area (Å²) >= 11 is 0. The molecule has 0 heterocycles. The van der Waals surface area contributed by atoms with Crippen LogP contribution >= 0.6 is 0 Å². The first-order valence-electron chi connectivity index (χ1n) is 9.67. The van der Waals surface area contributed by atoms with E-state index in [0.717, 1.165) is 44.9 Å². The Hall–Kier alpha value is -1.14. The number of fused-ring (bicyclic) bond motifs is 5. The standard InChI is InChI=1S/C21H29NO2/c1-19-8-5-15(23)13-14(19)3-4-16-17(19)6-9-20(2)18(16)7-10-21(20,24)11-12-22/h13,16-18,24H,3-11H2,1-2H3/t16?,17?,18?,19-,20-,21+/m1/s1. The van der Waals surface area contributed by atoms with Gasteiger partial charge >= 0.3 is 0 Å². The van der Waals surface area contributed by atoms with Gasteiger partial charge in [-0.25, -0.2) is 0 Å². The summed E-state index contributed by atoms with van der Waals surface area (Å²) in [7, 11) is 0. The second kappa shape index (κ2) is 5.18. The zero-order valence-electron chi connectivity index (χ0n) is 15.0. The minimum Gasteiger partial charge on any atom is -0.388 e. The van der Waals surface area contributed by atoms with Gasteiger partial charge in [0.15, 0.2) is 5.78 Å². The van der Waals surface area contributed by atoms with Crippen LogP contribution in [0.1, 0.15) is 71.6 Å². The van der Waals surface area contributed by atoms with Crippen LogP contribution in [0.2, 0.25) is 0 Å². The highest BCUT2D eigenvalue weighted by Crippen LogP contribution is 2.67. The molecule has 3 nitrogen and oxygen atoms in total. The predicted molar refractivity (Wildman–Crippen MR) is 91.9 cm³/mol. The smallest absolute Gasteiger partial charge is 0.155 e. The van der Waals surface area contributed by atoms with Crippen LogP contribution in [0.25, 0.3) is 0 Å². The van der Waals surface area contributed by atoms with E-state index in [0.29, 0.717) is 30.0 Å². The van der Waals surface area contributed by atoms with Crippen LogP contribution in [0, 0.1) is 39.9 Å². The van der Waals surface area contributed by atoms with Gasteiger partial charge in [-0.2, -0.15) is 5.26 Å². The molecule has 0 aliphatic heterocycles. The summed E-state index contributed by atoms with van der Waals surface area (Å²) in [5.41, 5.74) is 0.686. The van der Waals surface area contributed by atoms with Crippen molar-refractivity contribution >= 4 is 5.78 Å². The van der Waals surface area contributed by atoms with E-state index in [1.54, 1.807) is 0 Å². The van der Waals surface area contributed by atoms with E-state index in [9.17, 15) is 15.2 Å². The number of carbonyl (C=O) groups excluding carboxylic acids is 1. The maximum absolute atomic E-state index is 11.9. The van der Waals surface area contributed by atoms with Crippen molar-refractivity contribution in [3.05, 3.63) is 11.6 Å².